The Morgan fingerprint density at radius 2 is 2.20 bits per heavy atom. The van der Waals surface area contributed by atoms with Crippen LogP contribution >= 0.6 is 15.9 Å². The summed E-state index contributed by atoms with van der Waals surface area (Å²) in [5.41, 5.74) is 8.11. The average molecular weight is 334 g/mol. The summed E-state index contributed by atoms with van der Waals surface area (Å²) in [7, 11) is 1.28. The van der Waals surface area contributed by atoms with Crippen LogP contribution in [0.4, 0.5) is 5.69 Å². The zero-order chi connectivity index (χ0) is 14.9. The average Bonchev–Trinajstić information content (AvgIpc) is 2.78. The van der Waals surface area contributed by atoms with Crippen LogP contribution in [0.1, 0.15) is 21.6 Å². The third-order valence-electron chi connectivity index (χ3n) is 2.96. The van der Waals surface area contributed by atoms with Crippen molar-refractivity contribution in [3.8, 4) is 11.8 Å². The van der Waals surface area contributed by atoms with Gasteiger partial charge in [0.15, 0.2) is 5.69 Å². The van der Waals surface area contributed by atoms with E-state index in [1.807, 2.05) is 31.2 Å². The van der Waals surface area contributed by atoms with Crippen LogP contribution in [0.15, 0.2) is 28.9 Å². The Morgan fingerprint density at radius 3 is 2.75 bits per heavy atom. The molecule has 1 heterocycles. The first-order valence-corrected chi connectivity index (χ1v) is 6.54. The second kappa shape index (κ2) is 5.39. The van der Waals surface area contributed by atoms with Crippen molar-refractivity contribution in [2.45, 2.75) is 6.92 Å². The molecular formula is C14H12BrN3O2. The summed E-state index contributed by atoms with van der Waals surface area (Å²) >= 11 is 3.42. The molecule has 20 heavy (non-hydrogen) atoms. The van der Waals surface area contributed by atoms with Gasteiger partial charge in [-0.25, -0.2) is 4.79 Å². The van der Waals surface area contributed by atoms with Gasteiger partial charge in [0.1, 0.15) is 6.07 Å². The predicted octanol–water partition coefficient (Wildman–Crippen LogP) is 2.79. The Morgan fingerprint density at radius 1 is 1.50 bits per heavy atom. The highest BCUT2D eigenvalue weighted by Crippen LogP contribution is 2.26. The van der Waals surface area contributed by atoms with Crippen molar-refractivity contribution >= 4 is 27.6 Å². The Labute approximate surface area is 124 Å². The molecule has 0 radical (unpaired) electrons. The van der Waals surface area contributed by atoms with Crippen molar-refractivity contribution in [3.63, 3.8) is 0 Å². The van der Waals surface area contributed by atoms with Gasteiger partial charge in [0, 0.05) is 16.4 Å². The van der Waals surface area contributed by atoms with Gasteiger partial charge in [0.05, 0.1) is 18.4 Å². The molecule has 0 aliphatic rings. The molecule has 5 nitrogen and oxygen atoms in total. The summed E-state index contributed by atoms with van der Waals surface area (Å²) in [4.78, 5) is 11.9. The van der Waals surface area contributed by atoms with Crippen LogP contribution < -0.4 is 5.73 Å². The Bertz CT molecular complexity index is 729. The quantitative estimate of drug-likeness (QED) is 0.857. The number of benzene rings is 1. The molecule has 0 aliphatic carbocycles. The molecule has 0 unspecified atom stereocenters. The van der Waals surface area contributed by atoms with Crippen LogP contribution in [-0.2, 0) is 4.74 Å². The number of anilines is 1. The number of aromatic nitrogens is 1. The summed E-state index contributed by atoms with van der Waals surface area (Å²) in [6.45, 7) is 1.93. The molecule has 102 valence electrons. The Hall–Kier alpha value is -2.26. The lowest BCUT2D eigenvalue weighted by Crippen LogP contribution is -2.11. The van der Waals surface area contributed by atoms with Crippen LogP contribution in [0.5, 0.6) is 0 Å². The number of hydrogen-bond donors (Lipinski definition) is 1. The molecule has 0 atom stereocenters. The zero-order valence-corrected chi connectivity index (χ0v) is 12.6. The van der Waals surface area contributed by atoms with Gasteiger partial charge in [-0.1, -0.05) is 15.9 Å². The fraction of sp³-hybridized carbons (Fsp3) is 0.143. The van der Waals surface area contributed by atoms with E-state index in [0.29, 0.717) is 0 Å². The van der Waals surface area contributed by atoms with Crippen molar-refractivity contribution < 1.29 is 9.53 Å². The molecule has 0 saturated carbocycles. The standard InChI is InChI=1S/C14H12BrN3O2/c1-8-5-10(3-4-11(8)15)18-7-9(6-16)12(17)13(18)14(19)20-2/h3-5,7H,17H2,1-2H3. The third kappa shape index (κ3) is 2.28. The van der Waals surface area contributed by atoms with E-state index in [4.69, 9.17) is 15.7 Å². The first kappa shape index (κ1) is 14.2. The topological polar surface area (TPSA) is 81.0 Å². The maximum Gasteiger partial charge on any atom is 0.357 e. The number of aryl methyl sites for hydroxylation is 1. The number of nitrogen functional groups attached to an aromatic ring is 1. The summed E-state index contributed by atoms with van der Waals surface area (Å²) in [6.07, 6.45) is 1.53. The van der Waals surface area contributed by atoms with Crippen molar-refractivity contribution in [3.05, 3.63) is 45.7 Å². The Kier molecular flexibility index (Phi) is 3.81. The van der Waals surface area contributed by atoms with E-state index in [1.165, 1.54) is 13.3 Å². The number of nitrogens with zero attached hydrogens (tertiary/aromatic N) is 2. The van der Waals surface area contributed by atoms with Gasteiger partial charge in [0.2, 0.25) is 0 Å². The van der Waals surface area contributed by atoms with Crippen molar-refractivity contribution in [1.82, 2.24) is 4.57 Å². The molecule has 0 bridgehead atoms. The van der Waals surface area contributed by atoms with Crippen LogP contribution in [0.2, 0.25) is 0 Å². The smallest absolute Gasteiger partial charge is 0.357 e. The van der Waals surface area contributed by atoms with Gasteiger partial charge in [-0.05, 0) is 30.7 Å². The van der Waals surface area contributed by atoms with E-state index >= 15 is 0 Å². The van der Waals surface area contributed by atoms with E-state index < -0.39 is 5.97 Å². The summed E-state index contributed by atoms with van der Waals surface area (Å²) in [5.74, 6) is -0.579. The van der Waals surface area contributed by atoms with Crippen molar-refractivity contribution in [1.29, 1.82) is 5.26 Å². The van der Waals surface area contributed by atoms with Crippen LogP contribution in [0, 0.1) is 18.3 Å². The lowest BCUT2D eigenvalue weighted by atomic mass is 10.2. The lowest BCUT2D eigenvalue weighted by Gasteiger charge is -2.09. The maximum atomic E-state index is 11.9. The first-order valence-electron chi connectivity index (χ1n) is 5.75. The minimum absolute atomic E-state index is 0.125. The number of carbonyl (C=O) groups is 1. The molecule has 0 spiro atoms. The van der Waals surface area contributed by atoms with Gasteiger partial charge >= 0.3 is 5.97 Å². The molecule has 0 aliphatic heterocycles. The molecule has 0 amide bonds. The molecular weight excluding hydrogens is 322 g/mol. The molecule has 6 heteroatoms. The van der Waals surface area contributed by atoms with Crippen LogP contribution in [0.3, 0.4) is 0 Å². The van der Waals surface area contributed by atoms with Crippen molar-refractivity contribution in [2.75, 3.05) is 12.8 Å². The number of nitrogens with two attached hydrogens (primary N) is 1. The highest BCUT2D eigenvalue weighted by atomic mass is 79.9. The lowest BCUT2D eigenvalue weighted by molar-refractivity contribution is 0.0593. The van der Waals surface area contributed by atoms with Crippen molar-refractivity contribution in [2.24, 2.45) is 0 Å². The molecule has 0 fully saturated rings. The molecule has 2 N–H and O–H groups in total. The zero-order valence-electron chi connectivity index (χ0n) is 11.0. The molecule has 2 aromatic rings. The predicted molar refractivity (Wildman–Crippen MR) is 78.7 cm³/mol. The van der Waals surface area contributed by atoms with Gasteiger partial charge in [-0.3, -0.25) is 0 Å². The minimum atomic E-state index is -0.579. The van der Waals surface area contributed by atoms with Crippen LogP contribution in [0.25, 0.3) is 5.69 Å². The molecule has 1 aromatic heterocycles. The molecule has 0 saturated heterocycles. The molecule has 1 aromatic carbocycles. The van der Waals surface area contributed by atoms with E-state index in [0.717, 1.165) is 15.7 Å². The largest absolute Gasteiger partial charge is 0.464 e. The number of esters is 1. The number of rotatable bonds is 2. The number of methoxy groups -OCH3 is 1. The van der Waals surface area contributed by atoms with Gasteiger partial charge in [0.25, 0.3) is 0 Å². The highest BCUT2D eigenvalue weighted by Gasteiger charge is 2.21. The summed E-state index contributed by atoms with van der Waals surface area (Å²) in [5, 5.41) is 9.05. The molecule has 2 rings (SSSR count). The Balaban J connectivity index is 2.70. The maximum absolute atomic E-state index is 11.9. The highest BCUT2D eigenvalue weighted by molar-refractivity contribution is 9.10. The number of carbonyl (C=O) groups excluding carboxylic acids is 1. The number of hydrogen-bond acceptors (Lipinski definition) is 4. The van der Waals surface area contributed by atoms with E-state index in [1.54, 1.807) is 4.57 Å². The number of ether oxygens (including phenoxy) is 1. The normalized spacial score (nSPS) is 10.1. The van der Waals surface area contributed by atoms with E-state index in [2.05, 4.69) is 15.9 Å². The minimum Gasteiger partial charge on any atom is -0.464 e. The van der Waals surface area contributed by atoms with Gasteiger partial charge in [-0.15, -0.1) is 0 Å². The van der Waals surface area contributed by atoms with Gasteiger partial charge in [-0.2, -0.15) is 5.26 Å². The monoisotopic (exact) mass is 333 g/mol. The number of halogens is 1. The van der Waals surface area contributed by atoms with Crippen LogP contribution in [-0.4, -0.2) is 17.6 Å². The van der Waals surface area contributed by atoms with E-state index in [-0.39, 0.29) is 16.9 Å². The summed E-state index contributed by atoms with van der Waals surface area (Å²) < 4.78 is 7.26. The first-order chi connectivity index (χ1) is 9.49. The third-order valence-corrected chi connectivity index (χ3v) is 3.85. The second-order valence-corrected chi connectivity index (χ2v) is 5.07. The fourth-order valence-corrected chi connectivity index (χ4v) is 2.14. The SMILES string of the molecule is COC(=O)c1c(N)c(C#N)cn1-c1ccc(Br)c(C)c1. The fourth-order valence-electron chi connectivity index (χ4n) is 1.90. The van der Waals surface area contributed by atoms with E-state index in [9.17, 15) is 4.79 Å². The van der Waals surface area contributed by atoms with Gasteiger partial charge < -0.3 is 15.0 Å². The second-order valence-electron chi connectivity index (χ2n) is 4.21. The summed E-state index contributed by atoms with van der Waals surface area (Å²) in [6, 6.07) is 7.55. The number of nitriles is 1.